The summed E-state index contributed by atoms with van der Waals surface area (Å²) in [6.45, 7) is 4.58. The van der Waals surface area contributed by atoms with Crippen molar-refractivity contribution >= 4 is 12.7 Å². The van der Waals surface area contributed by atoms with Crippen LogP contribution in [-0.4, -0.2) is 28.2 Å². The molecule has 3 aromatic rings. The standard InChI is InChI=1S/C17H13NO3.CH3NO/c1-11-15(13-8-5-9-14(10-13)17(19)20)18-21-16(11)12-6-3-2-4-7-12;1-2-3/h2-10H,1H3,(H,19,20);3H,1H2. The van der Waals surface area contributed by atoms with Crippen LogP contribution in [-0.2, 0) is 0 Å². The molecule has 0 atom stereocenters. The average molecular weight is 324 g/mol. The van der Waals surface area contributed by atoms with E-state index in [1.54, 1.807) is 18.2 Å². The second-order valence-corrected chi connectivity index (χ2v) is 4.88. The number of nitrogens with zero attached hydrogens (tertiary/aromatic N) is 2. The van der Waals surface area contributed by atoms with Crippen LogP contribution in [0.5, 0.6) is 0 Å². The molecule has 0 fully saturated rings. The van der Waals surface area contributed by atoms with Gasteiger partial charge in [0.2, 0.25) is 0 Å². The topological polar surface area (TPSA) is 95.9 Å². The summed E-state index contributed by atoms with van der Waals surface area (Å²) in [7, 11) is 0. The highest BCUT2D eigenvalue weighted by Gasteiger charge is 2.16. The van der Waals surface area contributed by atoms with Crippen molar-refractivity contribution in [2.45, 2.75) is 6.92 Å². The van der Waals surface area contributed by atoms with Crippen LogP contribution in [0.25, 0.3) is 22.6 Å². The molecule has 1 aromatic heterocycles. The smallest absolute Gasteiger partial charge is 0.335 e. The van der Waals surface area contributed by atoms with Crippen molar-refractivity contribution in [1.29, 1.82) is 0 Å². The molecule has 0 bridgehead atoms. The third-order valence-corrected chi connectivity index (χ3v) is 3.34. The van der Waals surface area contributed by atoms with Gasteiger partial charge in [-0.2, -0.15) is 0 Å². The number of aromatic nitrogens is 1. The fraction of sp³-hybridized carbons (Fsp3) is 0.0556. The van der Waals surface area contributed by atoms with Gasteiger partial charge in [0.25, 0.3) is 0 Å². The molecule has 0 aliphatic heterocycles. The molecule has 0 unspecified atom stereocenters. The second-order valence-electron chi connectivity index (χ2n) is 4.88. The third-order valence-electron chi connectivity index (χ3n) is 3.34. The van der Waals surface area contributed by atoms with Gasteiger partial charge in [0.05, 0.1) is 5.56 Å². The Hall–Kier alpha value is -3.41. The second kappa shape index (κ2) is 7.73. The minimum absolute atomic E-state index is 0.233. The number of carbonyl (C=O) groups is 1. The summed E-state index contributed by atoms with van der Waals surface area (Å²) >= 11 is 0. The van der Waals surface area contributed by atoms with Crippen LogP contribution in [0.4, 0.5) is 0 Å². The number of hydrogen-bond acceptors (Lipinski definition) is 5. The van der Waals surface area contributed by atoms with Crippen LogP contribution in [0, 0.1) is 6.92 Å². The number of hydrogen-bond donors (Lipinski definition) is 2. The molecule has 24 heavy (non-hydrogen) atoms. The average Bonchev–Trinajstić information content (AvgIpc) is 2.98. The largest absolute Gasteiger partial charge is 0.478 e. The van der Waals surface area contributed by atoms with Gasteiger partial charge in [-0.15, -0.1) is 5.16 Å². The van der Waals surface area contributed by atoms with Crippen LogP contribution in [0.1, 0.15) is 15.9 Å². The molecule has 6 heteroatoms. The Kier molecular flexibility index (Phi) is 5.46. The molecule has 0 amide bonds. The molecule has 2 N–H and O–H groups in total. The maximum Gasteiger partial charge on any atom is 0.335 e. The van der Waals surface area contributed by atoms with E-state index < -0.39 is 5.97 Å². The molecule has 1 heterocycles. The molecular weight excluding hydrogens is 308 g/mol. The normalized spacial score (nSPS) is 9.71. The van der Waals surface area contributed by atoms with Gasteiger partial charge < -0.3 is 14.8 Å². The molecule has 122 valence electrons. The Labute approximate surface area is 138 Å². The van der Waals surface area contributed by atoms with Crippen molar-refractivity contribution in [3.05, 3.63) is 65.7 Å². The van der Waals surface area contributed by atoms with Gasteiger partial charge in [-0.3, -0.25) is 0 Å². The summed E-state index contributed by atoms with van der Waals surface area (Å²) in [5.41, 5.74) is 3.47. The van der Waals surface area contributed by atoms with Crippen LogP contribution in [0.3, 0.4) is 0 Å². The van der Waals surface area contributed by atoms with Crippen LogP contribution < -0.4 is 0 Å². The Bertz CT molecular complexity index is 841. The lowest BCUT2D eigenvalue weighted by atomic mass is 10.0. The minimum atomic E-state index is -0.957. The number of aromatic carboxylic acids is 1. The van der Waals surface area contributed by atoms with Crippen LogP contribution >= 0.6 is 0 Å². The predicted octanol–water partition coefficient (Wildman–Crippen LogP) is 4.09. The molecule has 0 aliphatic rings. The molecule has 0 radical (unpaired) electrons. The van der Waals surface area contributed by atoms with E-state index in [2.05, 4.69) is 17.0 Å². The van der Waals surface area contributed by atoms with Gasteiger partial charge in [0.15, 0.2) is 5.76 Å². The fourth-order valence-corrected chi connectivity index (χ4v) is 2.26. The zero-order valence-electron chi connectivity index (χ0n) is 13.0. The van der Waals surface area contributed by atoms with Crippen molar-refractivity contribution < 1.29 is 19.6 Å². The highest BCUT2D eigenvalue weighted by molar-refractivity contribution is 5.89. The van der Waals surface area contributed by atoms with Crippen molar-refractivity contribution in [1.82, 2.24) is 5.16 Å². The molecule has 0 aliphatic carbocycles. The quantitative estimate of drug-likeness (QED) is 0.430. The molecule has 6 nitrogen and oxygen atoms in total. The summed E-state index contributed by atoms with van der Waals surface area (Å²) in [5, 5.41) is 22.5. The minimum Gasteiger partial charge on any atom is -0.478 e. The van der Waals surface area contributed by atoms with E-state index in [9.17, 15) is 4.79 Å². The Morgan fingerprint density at radius 2 is 1.75 bits per heavy atom. The number of carboxylic acid groups (broad SMARTS) is 1. The molecule has 0 spiro atoms. The predicted molar refractivity (Wildman–Crippen MR) is 90.4 cm³/mol. The Balaban J connectivity index is 0.000000647. The highest BCUT2D eigenvalue weighted by atomic mass is 16.5. The van der Waals surface area contributed by atoms with Crippen molar-refractivity contribution in [2.75, 3.05) is 0 Å². The zero-order chi connectivity index (χ0) is 17.5. The Morgan fingerprint density at radius 3 is 2.38 bits per heavy atom. The van der Waals surface area contributed by atoms with Crippen molar-refractivity contribution in [3.8, 4) is 22.6 Å². The summed E-state index contributed by atoms with van der Waals surface area (Å²) < 4.78 is 5.44. The van der Waals surface area contributed by atoms with E-state index >= 15 is 0 Å². The summed E-state index contributed by atoms with van der Waals surface area (Å²) in [6.07, 6.45) is 0. The number of benzene rings is 2. The van der Waals surface area contributed by atoms with E-state index in [1.807, 2.05) is 43.3 Å². The lowest BCUT2D eigenvalue weighted by Crippen LogP contribution is -1.96. The monoisotopic (exact) mass is 324 g/mol. The van der Waals surface area contributed by atoms with Crippen LogP contribution in [0.2, 0.25) is 0 Å². The summed E-state index contributed by atoms with van der Waals surface area (Å²) in [6, 6.07) is 16.4. The summed E-state index contributed by atoms with van der Waals surface area (Å²) in [4.78, 5) is 11.1. The number of carboxylic acids is 1. The molecule has 0 saturated heterocycles. The van der Waals surface area contributed by atoms with Gasteiger partial charge in [-0.25, -0.2) is 4.79 Å². The lowest BCUT2D eigenvalue weighted by Gasteiger charge is -2.00. The van der Waals surface area contributed by atoms with Gasteiger partial charge in [0, 0.05) is 23.4 Å². The zero-order valence-corrected chi connectivity index (χ0v) is 13.0. The first-order valence-electron chi connectivity index (χ1n) is 7.04. The van der Waals surface area contributed by atoms with E-state index in [-0.39, 0.29) is 5.56 Å². The summed E-state index contributed by atoms with van der Waals surface area (Å²) in [5.74, 6) is -0.257. The first-order valence-corrected chi connectivity index (χ1v) is 7.04. The highest BCUT2D eigenvalue weighted by Crippen LogP contribution is 2.31. The lowest BCUT2D eigenvalue weighted by molar-refractivity contribution is 0.0697. The van der Waals surface area contributed by atoms with E-state index in [1.165, 1.54) is 0 Å². The molecule has 0 saturated carbocycles. The molecule has 2 aromatic carbocycles. The van der Waals surface area contributed by atoms with Crippen molar-refractivity contribution in [2.24, 2.45) is 5.16 Å². The van der Waals surface area contributed by atoms with Gasteiger partial charge in [-0.1, -0.05) is 47.6 Å². The SMILES string of the molecule is C=NO.Cc1c(-c2cccc(C(=O)O)c2)noc1-c1ccccc1. The van der Waals surface area contributed by atoms with Crippen molar-refractivity contribution in [3.63, 3.8) is 0 Å². The van der Waals surface area contributed by atoms with Gasteiger partial charge >= 0.3 is 5.97 Å². The third kappa shape index (κ3) is 3.67. The first-order chi connectivity index (χ1) is 11.6. The number of rotatable bonds is 3. The fourth-order valence-electron chi connectivity index (χ4n) is 2.26. The maximum absolute atomic E-state index is 11.1. The maximum atomic E-state index is 11.1. The Morgan fingerprint density at radius 1 is 1.12 bits per heavy atom. The molecule has 3 rings (SSSR count). The van der Waals surface area contributed by atoms with Crippen LogP contribution in [0.15, 0.2) is 64.3 Å². The first kappa shape index (κ1) is 17.0. The number of oxime groups is 1. The van der Waals surface area contributed by atoms with Gasteiger partial charge in [-0.05, 0) is 19.1 Å². The van der Waals surface area contributed by atoms with E-state index in [4.69, 9.17) is 14.8 Å². The molecular formula is C18H16N2O4. The van der Waals surface area contributed by atoms with E-state index in [0.717, 1.165) is 16.7 Å². The van der Waals surface area contributed by atoms with Gasteiger partial charge in [0.1, 0.15) is 5.69 Å². The van der Waals surface area contributed by atoms with E-state index in [0.29, 0.717) is 11.5 Å².